The molecule has 0 aliphatic heterocycles. The van der Waals surface area contributed by atoms with E-state index in [1.807, 2.05) is 0 Å². The van der Waals surface area contributed by atoms with E-state index in [0.717, 1.165) is 0 Å². The van der Waals surface area contributed by atoms with E-state index in [0.29, 0.717) is 32.4 Å². The van der Waals surface area contributed by atoms with Crippen LogP contribution in [-0.4, -0.2) is 5.76 Å². The van der Waals surface area contributed by atoms with Crippen LogP contribution < -0.4 is 5.32 Å². The Morgan fingerprint density at radius 3 is 2.60 bits per heavy atom. The van der Waals surface area contributed by atoms with E-state index in [2.05, 4.69) is 21.2 Å². The van der Waals surface area contributed by atoms with Gasteiger partial charge in [0.15, 0.2) is 0 Å². The molecule has 0 radical (unpaired) electrons. The lowest BCUT2D eigenvalue weighted by Gasteiger charge is -2.12. The van der Waals surface area contributed by atoms with Gasteiger partial charge in [-0.2, -0.15) is 8.78 Å². The molecule has 0 fully saturated rings. The van der Waals surface area contributed by atoms with Crippen LogP contribution in [0, 0.1) is 5.82 Å². The van der Waals surface area contributed by atoms with Gasteiger partial charge in [0.05, 0.1) is 0 Å². The average molecular weight is 362 g/mol. The summed E-state index contributed by atoms with van der Waals surface area (Å²) >= 11 is 3.65. The molecule has 0 amide bonds. The highest BCUT2D eigenvalue weighted by molar-refractivity contribution is 9.10. The highest BCUT2D eigenvalue weighted by Crippen LogP contribution is 2.32. The summed E-state index contributed by atoms with van der Waals surface area (Å²) in [7, 11) is 0. The van der Waals surface area contributed by atoms with Crippen molar-refractivity contribution in [3.05, 3.63) is 58.3 Å². The number of anilines is 1. The van der Waals surface area contributed by atoms with E-state index in [1.165, 1.54) is 6.07 Å². The topological polar surface area (TPSA) is 12.0 Å². The number of hydrogen-bond acceptors (Lipinski definition) is 2. The van der Waals surface area contributed by atoms with Crippen LogP contribution in [0.3, 0.4) is 0 Å². The zero-order valence-corrected chi connectivity index (χ0v) is 12.6. The Kier molecular flexibility index (Phi) is 5.37. The number of rotatable bonds is 5. The Morgan fingerprint density at radius 2 is 1.90 bits per heavy atom. The summed E-state index contributed by atoms with van der Waals surface area (Å²) in [6.07, 6.45) is 0. The first-order valence-corrected chi connectivity index (χ1v) is 7.45. The summed E-state index contributed by atoms with van der Waals surface area (Å²) in [6, 6.07) is 11.5. The van der Waals surface area contributed by atoms with Gasteiger partial charge in [0.2, 0.25) is 0 Å². The van der Waals surface area contributed by atoms with E-state index in [1.54, 1.807) is 36.4 Å². The van der Waals surface area contributed by atoms with Crippen LogP contribution in [0.2, 0.25) is 0 Å². The maximum absolute atomic E-state index is 13.7. The molecule has 2 rings (SSSR count). The normalized spacial score (nSPS) is 10.8. The zero-order chi connectivity index (χ0) is 14.5. The standard InChI is InChI=1S/C14H11BrF3NS/c15-10-6-5-9(11(16)7-10)8-19-12-3-1-2-4-13(12)20-14(17)18/h1-7,14,19H,8H2. The number of alkyl halides is 2. The van der Waals surface area contributed by atoms with Crippen molar-refractivity contribution in [2.75, 3.05) is 5.32 Å². The Morgan fingerprint density at radius 1 is 1.15 bits per heavy atom. The third-order valence-electron chi connectivity index (χ3n) is 2.59. The fourth-order valence-corrected chi connectivity index (χ4v) is 2.62. The fourth-order valence-electron chi connectivity index (χ4n) is 1.67. The Balaban J connectivity index is 2.10. The molecule has 0 atom stereocenters. The summed E-state index contributed by atoms with van der Waals surface area (Å²) in [5.74, 6) is -2.83. The first-order chi connectivity index (χ1) is 9.56. The van der Waals surface area contributed by atoms with Gasteiger partial charge in [-0.25, -0.2) is 4.39 Å². The molecule has 0 aliphatic rings. The van der Waals surface area contributed by atoms with Gasteiger partial charge in [0.1, 0.15) is 5.82 Å². The van der Waals surface area contributed by atoms with Gasteiger partial charge >= 0.3 is 0 Å². The van der Waals surface area contributed by atoms with E-state index < -0.39 is 5.76 Å². The quantitative estimate of drug-likeness (QED) is 0.704. The highest BCUT2D eigenvalue weighted by atomic mass is 79.9. The van der Waals surface area contributed by atoms with Crippen molar-refractivity contribution in [3.8, 4) is 0 Å². The Labute approximate surface area is 127 Å². The molecule has 0 saturated carbocycles. The minimum absolute atomic E-state index is 0.236. The number of thioether (sulfide) groups is 1. The second kappa shape index (κ2) is 7.04. The molecule has 0 spiro atoms. The van der Waals surface area contributed by atoms with Crippen LogP contribution >= 0.6 is 27.7 Å². The summed E-state index contributed by atoms with van der Waals surface area (Å²) < 4.78 is 39.2. The molecule has 20 heavy (non-hydrogen) atoms. The molecule has 0 aromatic heterocycles. The predicted octanol–water partition coefficient (Wildman–Crippen LogP) is 5.52. The van der Waals surface area contributed by atoms with Crippen molar-refractivity contribution in [3.63, 3.8) is 0 Å². The van der Waals surface area contributed by atoms with Gasteiger partial charge in [-0.05, 0) is 24.3 Å². The van der Waals surface area contributed by atoms with Gasteiger partial charge < -0.3 is 5.32 Å². The minimum Gasteiger partial charge on any atom is -0.380 e. The molecule has 6 heteroatoms. The van der Waals surface area contributed by atoms with Crippen LogP contribution in [0.5, 0.6) is 0 Å². The van der Waals surface area contributed by atoms with E-state index in [-0.39, 0.29) is 12.4 Å². The number of hydrogen-bond donors (Lipinski definition) is 1. The number of benzene rings is 2. The molecule has 0 unspecified atom stereocenters. The van der Waals surface area contributed by atoms with Crippen molar-refractivity contribution in [1.82, 2.24) is 0 Å². The van der Waals surface area contributed by atoms with Crippen LogP contribution in [0.25, 0.3) is 0 Å². The van der Waals surface area contributed by atoms with Gasteiger partial charge in [-0.15, -0.1) is 0 Å². The second-order valence-corrected chi connectivity index (χ2v) is 5.91. The third kappa shape index (κ3) is 4.18. The molecule has 1 N–H and O–H groups in total. The minimum atomic E-state index is -2.48. The highest BCUT2D eigenvalue weighted by Gasteiger charge is 2.10. The van der Waals surface area contributed by atoms with Crippen LogP contribution in [0.15, 0.2) is 51.8 Å². The molecule has 0 aliphatic carbocycles. The van der Waals surface area contributed by atoms with Crippen molar-refractivity contribution in [2.45, 2.75) is 17.2 Å². The zero-order valence-electron chi connectivity index (χ0n) is 10.2. The SMILES string of the molecule is Fc1cc(Br)ccc1CNc1ccccc1SC(F)F. The smallest absolute Gasteiger partial charge is 0.288 e. The summed E-state index contributed by atoms with van der Waals surface area (Å²) in [5, 5.41) is 2.99. The Bertz CT molecular complexity index is 592. The monoisotopic (exact) mass is 361 g/mol. The largest absolute Gasteiger partial charge is 0.380 e. The number of para-hydroxylation sites is 1. The molecule has 0 heterocycles. The molecule has 0 bridgehead atoms. The van der Waals surface area contributed by atoms with E-state index in [4.69, 9.17) is 0 Å². The van der Waals surface area contributed by atoms with Gasteiger partial charge in [-0.1, -0.05) is 45.9 Å². The first-order valence-electron chi connectivity index (χ1n) is 5.78. The van der Waals surface area contributed by atoms with Gasteiger partial charge in [-0.3, -0.25) is 0 Å². The fraction of sp³-hybridized carbons (Fsp3) is 0.143. The lowest BCUT2D eigenvalue weighted by molar-refractivity contribution is 0.252. The molecule has 1 nitrogen and oxygen atoms in total. The molecular weight excluding hydrogens is 351 g/mol. The van der Waals surface area contributed by atoms with Crippen molar-refractivity contribution in [1.29, 1.82) is 0 Å². The predicted molar refractivity (Wildman–Crippen MR) is 79.7 cm³/mol. The molecule has 106 valence electrons. The lowest BCUT2D eigenvalue weighted by atomic mass is 10.2. The Hall–Kier alpha value is -1.14. The van der Waals surface area contributed by atoms with Gasteiger partial charge in [0, 0.05) is 27.2 Å². The third-order valence-corrected chi connectivity index (χ3v) is 3.87. The van der Waals surface area contributed by atoms with E-state index >= 15 is 0 Å². The number of halogens is 4. The van der Waals surface area contributed by atoms with E-state index in [9.17, 15) is 13.2 Å². The number of nitrogens with one attached hydrogen (secondary N) is 1. The van der Waals surface area contributed by atoms with Crippen LogP contribution in [-0.2, 0) is 6.54 Å². The molecule has 0 saturated heterocycles. The van der Waals surface area contributed by atoms with Crippen molar-refractivity contribution >= 4 is 33.4 Å². The maximum atomic E-state index is 13.7. The van der Waals surface area contributed by atoms with Crippen LogP contribution in [0.4, 0.5) is 18.9 Å². The lowest BCUT2D eigenvalue weighted by Crippen LogP contribution is -2.03. The van der Waals surface area contributed by atoms with Gasteiger partial charge in [0.25, 0.3) is 5.76 Å². The second-order valence-electron chi connectivity index (χ2n) is 3.96. The van der Waals surface area contributed by atoms with Crippen molar-refractivity contribution < 1.29 is 13.2 Å². The van der Waals surface area contributed by atoms with Crippen molar-refractivity contribution in [2.24, 2.45) is 0 Å². The maximum Gasteiger partial charge on any atom is 0.288 e. The summed E-state index contributed by atoms with van der Waals surface area (Å²) in [6.45, 7) is 0.236. The van der Waals surface area contributed by atoms with Crippen LogP contribution in [0.1, 0.15) is 5.56 Å². The first kappa shape index (κ1) is 15.3. The molecular formula is C14H11BrF3NS. The summed E-state index contributed by atoms with van der Waals surface area (Å²) in [4.78, 5) is 0.444. The summed E-state index contributed by atoms with van der Waals surface area (Å²) in [5.41, 5.74) is 1.05. The average Bonchev–Trinajstić information content (AvgIpc) is 2.39. The molecule has 2 aromatic carbocycles. The molecule has 2 aromatic rings.